The number of amides is 4. The number of nitrogens with zero attached hydrogens (tertiary/aromatic N) is 2. The zero-order valence-corrected chi connectivity index (χ0v) is 21.8. The normalized spacial score (nSPS) is 20.1. The van der Waals surface area contributed by atoms with Crippen molar-refractivity contribution in [2.75, 3.05) is 13.1 Å². The van der Waals surface area contributed by atoms with E-state index in [4.69, 9.17) is 23.2 Å². The lowest BCUT2D eigenvalue weighted by atomic mass is 9.85. The van der Waals surface area contributed by atoms with Gasteiger partial charge >= 0.3 is 0 Å². The lowest BCUT2D eigenvalue weighted by Gasteiger charge is -2.31. The summed E-state index contributed by atoms with van der Waals surface area (Å²) in [5.41, 5.74) is 0.734. The summed E-state index contributed by atoms with van der Waals surface area (Å²) in [6.45, 7) is 4.59. The summed E-state index contributed by atoms with van der Waals surface area (Å²) in [7, 11) is 0. The Bertz CT molecular complexity index is 971. The molecule has 1 aromatic carbocycles. The Morgan fingerprint density at radius 3 is 2.31 bits per heavy atom. The minimum absolute atomic E-state index is 0.00919. The highest BCUT2D eigenvalue weighted by molar-refractivity contribution is 6.42. The Labute approximate surface area is 216 Å². The van der Waals surface area contributed by atoms with Crippen LogP contribution >= 0.6 is 23.2 Å². The van der Waals surface area contributed by atoms with Crippen molar-refractivity contribution in [1.29, 1.82) is 0 Å². The summed E-state index contributed by atoms with van der Waals surface area (Å²) >= 11 is 12.2. The van der Waals surface area contributed by atoms with E-state index in [1.165, 1.54) is 9.80 Å². The largest absolute Gasteiger partial charge is 0.354 e. The second kappa shape index (κ2) is 12.5. The molecular formula is C26H33Cl2N3O4. The van der Waals surface area contributed by atoms with Crippen LogP contribution in [0.15, 0.2) is 30.4 Å². The van der Waals surface area contributed by atoms with Crippen molar-refractivity contribution < 1.29 is 19.2 Å². The molecule has 3 atom stereocenters. The van der Waals surface area contributed by atoms with E-state index < -0.39 is 6.04 Å². The van der Waals surface area contributed by atoms with Crippen molar-refractivity contribution in [3.8, 4) is 0 Å². The third kappa shape index (κ3) is 6.44. The number of halogens is 2. The highest BCUT2D eigenvalue weighted by Gasteiger charge is 2.47. The molecule has 3 rings (SSSR count). The molecule has 1 N–H and O–H groups in total. The maximum absolute atomic E-state index is 13.4. The number of nitrogens with one attached hydrogen (secondary N) is 1. The zero-order valence-electron chi connectivity index (χ0n) is 20.3. The van der Waals surface area contributed by atoms with Gasteiger partial charge in [0.05, 0.1) is 21.9 Å². The Morgan fingerprint density at radius 1 is 1.09 bits per heavy atom. The van der Waals surface area contributed by atoms with Crippen molar-refractivity contribution in [2.24, 2.45) is 11.8 Å². The van der Waals surface area contributed by atoms with Gasteiger partial charge in [-0.1, -0.05) is 61.7 Å². The molecule has 1 saturated heterocycles. The Balaban J connectivity index is 1.75. The first-order valence-electron chi connectivity index (χ1n) is 12.3. The average molecular weight is 522 g/mol. The van der Waals surface area contributed by atoms with Gasteiger partial charge in [0.15, 0.2) is 0 Å². The lowest BCUT2D eigenvalue weighted by Crippen LogP contribution is -2.49. The Kier molecular flexibility index (Phi) is 9.75. The molecule has 35 heavy (non-hydrogen) atoms. The molecule has 1 fully saturated rings. The predicted octanol–water partition coefficient (Wildman–Crippen LogP) is 4.36. The molecule has 190 valence electrons. The smallest absolute Gasteiger partial charge is 0.242 e. The van der Waals surface area contributed by atoms with Crippen LogP contribution in [0.5, 0.6) is 0 Å². The molecule has 1 aliphatic heterocycles. The van der Waals surface area contributed by atoms with Crippen LogP contribution in [-0.2, 0) is 25.7 Å². The number of carbonyl (C=O) groups excluding carboxylic acids is 4. The Hall–Kier alpha value is -2.38. The molecule has 4 amide bonds. The number of hydrogen-bond acceptors (Lipinski definition) is 4. The number of likely N-dealkylation sites (tertiary alicyclic amines) is 1. The van der Waals surface area contributed by atoms with E-state index in [9.17, 15) is 19.2 Å². The zero-order chi connectivity index (χ0) is 25.5. The quantitative estimate of drug-likeness (QED) is 0.266. The number of hydrogen-bond donors (Lipinski definition) is 1. The second-order valence-electron chi connectivity index (χ2n) is 9.07. The van der Waals surface area contributed by atoms with Gasteiger partial charge in [-0.2, -0.15) is 0 Å². The third-order valence-corrected chi connectivity index (χ3v) is 7.44. The molecule has 0 bridgehead atoms. The minimum Gasteiger partial charge on any atom is -0.354 e. The summed E-state index contributed by atoms with van der Waals surface area (Å²) in [5.74, 6) is -1.61. The SMILES string of the molecule is CCCCNC(=O)[C@H](CC)N(Cc1ccc(Cl)c(Cl)c1)C(=O)CCN1C(=O)[C@H]2CC=CC[C@H]2C1=O. The summed E-state index contributed by atoms with van der Waals surface area (Å²) in [6, 6.07) is 4.41. The van der Waals surface area contributed by atoms with E-state index >= 15 is 0 Å². The fraction of sp³-hybridized carbons (Fsp3) is 0.538. The van der Waals surface area contributed by atoms with Gasteiger partial charge in [-0.05, 0) is 43.4 Å². The molecule has 1 aliphatic carbocycles. The van der Waals surface area contributed by atoms with Gasteiger partial charge in [0, 0.05) is 26.1 Å². The fourth-order valence-electron chi connectivity index (χ4n) is 4.70. The lowest BCUT2D eigenvalue weighted by molar-refractivity contribution is -0.144. The Morgan fingerprint density at radius 2 is 1.74 bits per heavy atom. The van der Waals surface area contributed by atoms with Crippen LogP contribution in [0, 0.1) is 11.8 Å². The number of benzene rings is 1. The van der Waals surface area contributed by atoms with Crippen LogP contribution in [0.1, 0.15) is 57.9 Å². The number of unbranched alkanes of at least 4 members (excludes halogenated alkanes) is 1. The van der Waals surface area contributed by atoms with Gasteiger partial charge in [0.1, 0.15) is 6.04 Å². The van der Waals surface area contributed by atoms with Gasteiger partial charge in [0.25, 0.3) is 0 Å². The molecule has 1 aromatic rings. The fourth-order valence-corrected chi connectivity index (χ4v) is 5.02. The van der Waals surface area contributed by atoms with Crippen molar-refractivity contribution in [3.05, 3.63) is 46.0 Å². The number of allylic oxidation sites excluding steroid dienone is 2. The van der Waals surface area contributed by atoms with Gasteiger partial charge in [-0.3, -0.25) is 24.1 Å². The van der Waals surface area contributed by atoms with Gasteiger partial charge in [-0.25, -0.2) is 0 Å². The first-order chi connectivity index (χ1) is 16.8. The topological polar surface area (TPSA) is 86.8 Å². The molecule has 2 aliphatic rings. The number of rotatable bonds is 11. The average Bonchev–Trinajstić information content (AvgIpc) is 3.09. The highest BCUT2D eigenvalue weighted by Crippen LogP contribution is 2.35. The second-order valence-corrected chi connectivity index (χ2v) is 9.89. The number of imide groups is 1. The van der Waals surface area contributed by atoms with E-state index in [0.29, 0.717) is 35.9 Å². The first-order valence-corrected chi connectivity index (χ1v) is 13.0. The van der Waals surface area contributed by atoms with Crippen molar-refractivity contribution in [3.63, 3.8) is 0 Å². The van der Waals surface area contributed by atoms with Crippen LogP contribution in [0.3, 0.4) is 0 Å². The first kappa shape index (κ1) is 27.2. The minimum atomic E-state index is -0.689. The molecule has 0 radical (unpaired) electrons. The number of fused-ring (bicyclic) bond motifs is 1. The van der Waals surface area contributed by atoms with E-state index in [1.807, 2.05) is 26.0 Å². The monoisotopic (exact) mass is 521 g/mol. The standard InChI is InChI=1S/C26H33Cl2N3O4/c1-3-5-13-29-24(33)22(4-2)31(16-17-10-11-20(27)21(28)15-17)23(32)12-14-30-25(34)18-8-6-7-9-19(18)26(30)35/h6-7,10-11,15,18-19,22H,3-5,8-9,12-14,16H2,1-2H3,(H,29,33)/t18-,19+,22-/m0/s1. The summed E-state index contributed by atoms with van der Waals surface area (Å²) < 4.78 is 0. The van der Waals surface area contributed by atoms with Crippen LogP contribution in [0.25, 0.3) is 0 Å². The van der Waals surface area contributed by atoms with Gasteiger partial charge in [0.2, 0.25) is 23.6 Å². The van der Waals surface area contributed by atoms with E-state index in [0.717, 1.165) is 18.4 Å². The van der Waals surface area contributed by atoms with Crippen LogP contribution < -0.4 is 5.32 Å². The molecule has 0 aromatic heterocycles. The molecule has 7 nitrogen and oxygen atoms in total. The third-order valence-electron chi connectivity index (χ3n) is 6.70. The van der Waals surface area contributed by atoms with E-state index in [2.05, 4.69) is 5.32 Å². The van der Waals surface area contributed by atoms with Crippen LogP contribution in [0.2, 0.25) is 10.0 Å². The van der Waals surface area contributed by atoms with E-state index in [1.54, 1.807) is 18.2 Å². The number of carbonyl (C=O) groups is 4. The van der Waals surface area contributed by atoms with Crippen LogP contribution in [0.4, 0.5) is 0 Å². The molecule has 0 unspecified atom stereocenters. The van der Waals surface area contributed by atoms with Gasteiger partial charge < -0.3 is 10.2 Å². The molecular weight excluding hydrogens is 489 g/mol. The molecule has 0 spiro atoms. The molecule has 0 saturated carbocycles. The van der Waals surface area contributed by atoms with Crippen molar-refractivity contribution >= 4 is 46.8 Å². The van der Waals surface area contributed by atoms with Crippen molar-refractivity contribution in [2.45, 2.75) is 65.0 Å². The van der Waals surface area contributed by atoms with Gasteiger partial charge in [-0.15, -0.1) is 0 Å². The maximum Gasteiger partial charge on any atom is 0.242 e. The summed E-state index contributed by atoms with van der Waals surface area (Å²) in [6.07, 6.45) is 7.13. The summed E-state index contributed by atoms with van der Waals surface area (Å²) in [5, 5.41) is 3.68. The van der Waals surface area contributed by atoms with E-state index in [-0.39, 0.29) is 55.0 Å². The predicted molar refractivity (Wildman–Crippen MR) is 136 cm³/mol. The molecule has 1 heterocycles. The van der Waals surface area contributed by atoms with Crippen molar-refractivity contribution in [1.82, 2.24) is 15.1 Å². The maximum atomic E-state index is 13.4. The van der Waals surface area contributed by atoms with Crippen LogP contribution in [-0.4, -0.2) is 52.6 Å². The summed E-state index contributed by atoms with van der Waals surface area (Å²) in [4.78, 5) is 54.7. The molecule has 9 heteroatoms. The highest BCUT2D eigenvalue weighted by atomic mass is 35.5.